The maximum Gasteiger partial charge on any atom is 0.243 e. The molecule has 10 heteroatoms. The van der Waals surface area contributed by atoms with E-state index < -0.39 is 15.4 Å². The standard InChI is InChI=1S/C24H29FN2O6S/c1-31-21-8-7-20(17-22(21)32-2)34(29,30)27-13-11-26(12-14-27)23(28)24(9-15-33-16-10-24)18-3-5-19(25)6-4-18/h3-8,17H,9-16H2,1-2H3. The average Bonchev–Trinajstić information content (AvgIpc) is 2.88. The molecule has 34 heavy (non-hydrogen) atoms. The van der Waals surface area contributed by atoms with Gasteiger partial charge in [-0.2, -0.15) is 4.31 Å². The van der Waals surface area contributed by atoms with Crippen LogP contribution in [0.2, 0.25) is 0 Å². The van der Waals surface area contributed by atoms with Crippen LogP contribution in [-0.2, 0) is 25.0 Å². The smallest absolute Gasteiger partial charge is 0.243 e. The van der Waals surface area contributed by atoms with Gasteiger partial charge < -0.3 is 19.1 Å². The van der Waals surface area contributed by atoms with Crippen molar-refractivity contribution in [3.63, 3.8) is 0 Å². The fourth-order valence-electron chi connectivity index (χ4n) is 4.68. The van der Waals surface area contributed by atoms with Crippen LogP contribution in [0.5, 0.6) is 11.5 Å². The van der Waals surface area contributed by atoms with E-state index in [-0.39, 0.29) is 42.8 Å². The number of sulfonamides is 1. The van der Waals surface area contributed by atoms with Gasteiger partial charge in [0.05, 0.1) is 24.5 Å². The van der Waals surface area contributed by atoms with Gasteiger partial charge in [0, 0.05) is 45.5 Å². The van der Waals surface area contributed by atoms with Crippen LogP contribution in [0.25, 0.3) is 0 Å². The molecule has 2 aromatic carbocycles. The maximum absolute atomic E-state index is 13.7. The fourth-order valence-corrected chi connectivity index (χ4v) is 6.11. The topological polar surface area (TPSA) is 85.4 Å². The van der Waals surface area contributed by atoms with Crippen LogP contribution in [0.4, 0.5) is 4.39 Å². The summed E-state index contributed by atoms with van der Waals surface area (Å²) in [6, 6.07) is 10.5. The fraction of sp³-hybridized carbons (Fsp3) is 0.458. The number of amides is 1. The molecule has 2 aliphatic rings. The highest BCUT2D eigenvalue weighted by Gasteiger charge is 2.45. The lowest BCUT2D eigenvalue weighted by Gasteiger charge is -2.42. The van der Waals surface area contributed by atoms with E-state index in [2.05, 4.69) is 0 Å². The third-order valence-corrected chi connectivity index (χ3v) is 8.57. The van der Waals surface area contributed by atoms with Crippen LogP contribution >= 0.6 is 0 Å². The van der Waals surface area contributed by atoms with Crippen molar-refractivity contribution < 1.29 is 31.8 Å². The van der Waals surface area contributed by atoms with Crippen LogP contribution < -0.4 is 9.47 Å². The summed E-state index contributed by atoms with van der Waals surface area (Å²) in [4.78, 5) is 15.5. The first-order valence-corrected chi connectivity index (χ1v) is 12.6. The Morgan fingerprint density at radius 2 is 1.56 bits per heavy atom. The van der Waals surface area contributed by atoms with Gasteiger partial charge >= 0.3 is 0 Å². The highest BCUT2D eigenvalue weighted by molar-refractivity contribution is 7.89. The van der Waals surface area contributed by atoms with E-state index in [0.717, 1.165) is 5.56 Å². The Labute approximate surface area is 199 Å². The lowest BCUT2D eigenvalue weighted by molar-refractivity contribution is -0.142. The van der Waals surface area contributed by atoms with E-state index in [0.29, 0.717) is 37.6 Å². The molecule has 0 unspecified atom stereocenters. The summed E-state index contributed by atoms with van der Waals surface area (Å²) < 4.78 is 57.3. The molecular formula is C24H29FN2O6S. The minimum Gasteiger partial charge on any atom is -0.493 e. The molecule has 0 N–H and O–H groups in total. The largest absolute Gasteiger partial charge is 0.493 e. The molecule has 184 valence electrons. The van der Waals surface area contributed by atoms with E-state index in [1.807, 2.05) is 0 Å². The molecule has 0 aromatic heterocycles. The lowest BCUT2D eigenvalue weighted by atomic mass is 9.73. The minimum atomic E-state index is -3.77. The van der Waals surface area contributed by atoms with Crippen LogP contribution in [0.1, 0.15) is 18.4 Å². The molecule has 0 spiro atoms. The highest BCUT2D eigenvalue weighted by atomic mass is 32.2. The van der Waals surface area contributed by atoms with E-state index >= 15 is 0 Å². The lowest BCUT2D eigenvalue weighted by Crippen LogP contribution is -2.56. The summed E-state index contributed by atoms with van der Waals surface area (Å²) in [6.07, 6.45) is 1.00. The summed E-state index contributed by atoms with van der Waals surface area (Å²) in [5.41, 5.74) is -0.0290. The molecule has 0 aliphatic carbocycles. The Morgan fingerprint density at radius 3 is 2.15 bits per heavy atom. The zero-order valence-electron chi connectivity index (χ0n) is 19.3. The van der Waals surface area contributed by atoms with Crippen molar-refractivity contribution in [3.8, 4) is 11.5 Å². The first kappa shape index (κ1) is 24.4. The van der Waals surface area contributed by atoms with Crippen LogP contribution in [0.15, 0.2) is 47.4 Å². The van der Waals surface area contributed by atoms with Crippen LogP contribution in [-0.4, -0.2) is 77.1 Å². The number of methoxy groups -OCH3 is 2. The zero-order valence-corrected chi connectivity index (χ0v) is 20.1. The third-order valence-electron chi connectivity index (χ3n) is 6.67. The Morgan fingerprint density at radius 1 is 0.941 bits per heavy atom. The third kappa shape index (κ3) is 4.49. The molecule has 0 saturated carbocycles. The SMILES string of the molecule is COc1ccc(S(=O)(=O)N2CCN(C(=O)C3(c4ccc(F)cc4)CCOCC3)CC2)cc1OC. The van der Waals surface area contributed by atoms with Crippen molar-refractivity contribution >= 4 is 15.9 Å². The molecular weight excluding hydrogens is 463 g/mol. The van der Waals surface area contributed by atoms with Crippen LogP contribution in [0, 0.1) is 5.82 Å². The summed E-state index contributed by atoms with van der Waals surface area (Å²) in [6.45, 7) is 1.79. The average molecular weight is 493 g/mol. The first-order chi connectivity index (χ1) is 16.3. The molecule has 2 aliphatic heterocycles. The van der Waals surface area contributed by atoms with E-state index in [9.17, 15) is 17.6 Å². The van der Waals surface area contributed by atoms with Gasteiger partial charge in [0.25, 0.3) is 0 Å². The predicted molar refractivity (Wildman–Crippen MR) is 123 cm³/mol. The van der Waals surface area contributed by atoms with Crippen molar-refractivity contribution in [1.82, 2.24) is 9.21 Å². The number of hydrogen-bond acceptors (Lipinski definition) is 6. The van der Waals surface area contributed by atoms with E-state index in [1.54, 1.807) is 23.1 Å². The highest BCUT2D eigenvalue weighted by Crippen LogP contribution is 2.37. The summed E-state index contributed by atoms with van der Waals surface area (Å²) in [5.74, 6) is 0.357. The van der Waals surface area contributed by atoms with Crippen molar-refractivity contribution in [1.29, 1.82) is 0 Å². The van der Waals surface area contributed by atoms with Crippen LogP contribution in [0.3, 0.4) is 0 Å². The molecule has 2 aromatic rings. The number of hydrogen-bond donors (Lipinski definition) is 0. The van der Waals surface area contributed by atoms with E-state index in [1.165, 1.54) is 42.8 Å². The molecule has 0 atom stereocenters. The molecule has 2 saturated heterocycles. The minimum absolute atomic E-state index is 0.0643. The molecule has 0 bridgehead atoms. The second kappa shape index (κ2) is 9.89. The van der Waals surface area contributed by atoms with Gasteiger partial charge in [-0.15, -0.1) is 0 Å². The van der Waals surface area contributed by atoms with Crippen molar-refractivity contribution in [2.24, 2.45) is 0 Å². The number of nitrogens with zero attached hydrogens (tertiary/aromatic N) is 2. The second-order valence-corrected chi connectivity index (χ2v) is 10.4. The number of ether oxygens (including phenoxy) is 3. The molecule has 8 nitrogen and oxygen atoms in total. The Balaban J connectivity index is 1.51. The number of carbonyl (C=O) groups is 1. The number of piperazine rings is 1. The van der Waals surface area contributed by atoms with Crippen molar-refractivity contribution in [2.75, 3.05) is 53.6 Å². The monoisotopic (exact) mass is 492 g/mol. The van der Waals surface area contributed by atoms with Gasteiger partial charge in [-0.1, -0.05) is 12.1 Å². The van der Waals surface area contributed by atoms with Gasteiger partial charge in [0.1, 0.15) is 5.82 Å². The Hall–Kier alpha value is -2.69. The van der Waals surface area contributed by atoms with Gasteiger partial charge in [-0.3, -0.25) is 4.79 Å². The van der Waals surface area contributed by atoms with Gasteiger partial charge in [0.15, 0.2) is 11.5 Å². The number of rotatable bonds is 6. The molecule has 2 heterocycles. The first-order valence-electron chi connectivity index (χ1n) is 11.2. The Kier molecular flexibility index (Phi) is 7.11. The normalized spacial score (nSPS) is 19.0. The van der Waals surface area contributed by atoms with E-state index in [4.69, 9.17) is 14.2 Å². The molecule has 4 rings (SSSR count). The van der Waals surface area contributed by atoms with Crippen molar-refractivity contribution in [3.05, 3.63) is 53.8 Å². The Bertz CT molecular complexity index is 1120. The quantitative estimate of drug-likeness (QED) is 0.616. The number of benzene rings is 2. The summed E-state index contributed by atoms with van der Waals surface area (Å²) >= 11 is 0. The predicted octanol–water partition coefficient (Wildman–Crippen LogP) is 2.42. The van der Waals surface area contributed by atoms with Gasteiger partial charge in [-0.05, 0) is 42.7 Å². The van der Waals surface area contributed by atoms with Gasteiger partial charge in [-0.25, -0.2) is 12.8 Å². The molecule has 0 radical (unpaired) electrons. The number of carbonyl (C=O) groups excluding carboxylic acids is 1. The van der Waals surface area contributed by atoms with Crippen molar-refractivity contribution in [2.45, 2.75) is 23.2 Å². The molecule has 2 fully saturated rings. The second-order valence-electron chi connectivity index (χ2n) is 8.41. The maximum atomic E-state index is 13.7. The molecule has 1 amide bonds. The van der Waals surface area contributed by atoms with Gasteiger partial charge in [0.2, 0.25) is 15.9 Å². The number of halogens is 1. The zero-order chi connectivity index (χ0) is 24.3. The summed E-state index contributed by atoms with van der Waals surface area (Å²) in [5, 5.41) is 0. The summed E-state index contributed by atoms with van der Waals surface area (Å²) in [7, 11) is -0.832.